The summed E-state index contributed by atoms with van der Waals surface area (Å²) < 4.78 is 2.10. The van der Waals surface area contributed by atoms with E-state index in [1.165, 1.54) is 31.0 Å². The molecule has 1 amide bonds. The van der Waals surface area contributed by atoms with Crippen LogP contribution in [0.5, 0.6) is 0 Å². The van der Waals surface area contributed by atoms with Crippen LogP contribution in [0.3, 0.4) is 0 Å². The molecular weight excluding hydrogens is 370 g/mol. The molecule has 2 heterocycles. The van der Waals surface area contributed by atoms with Gasteiger partial charge in [-0.15, -0.1) is 10.2 Å². The fourth-order valence-electron chi connectivity index (χ4n) is 3.24. The Morgan fingerprint density at radius 3 is 2.50 bits per heavy atom. The molecule has 1 aromatic heterocycles. The van der Waals surface area contributed by atoms with Crippen molar-refractivity contribution in [3.05, 3.63) is 36.2 Å². The number of benzene rings is 1. The zero-order chi connectivity index (χ0) is 19.9. The zero-order valence-electron chi connectivity index (χ0n) is 17.1. The molecule has 2 aromatic rings. The molecule has 0 saturated carbocycles. The third-order valence-electron chi connectivity index (χ3n) is 5.25. The molecule has 7 heteroatoms. The molecule has 3 rings (SSSR count). The van der Waals surface area contributed by atoms with Gasteiger partial charge in [-0.25, -0.2) is 0 Å². The van der Waals surface area contributed by atoms with Crippen molar-refractivity contribution in [3.63, 3.8) is 0 Å². The minimum atomic E-state index is 0.0337. The predicted octanol–water partition coefficient (Wildman–Crippen LogP) is 3.51. The highest BCUT2D eigenvalue weighted by atomic mass is 32.2. The average Bonchev–Trinajstić information content (AvgIpc) is 3.10. The number of rotatable bonds is 8. The highest BCUT2D eigenvalue weighted by Crippen LogP contribution is 2.23. The number of para-hydroxylation sites is 1. The number of hydrogen-bond acceptors (Lipinski definition) is 5. The van der Waals surface area contributed by atoms with Gasteiger partial charge < -0.3 is 5.32 Å². The number of aromatic nitrogens is 3. The number of amides is 1. The van der Waals surface area contributed by atoms with E-state index in [9.17, 15) is 4.79 Å². The summed E-state index contributed by atoms with van der Waals surface area (Å²) in [7, 11) is 0. The van der Waals surface area contributed by atoms with Crippen molar-refractivity contribution in [1.29, 1.82) is 0 Å². The molecule has 1 fully saturated rings. The molecule has 28 heavy (non-hydrogen) atoms. The second-order valence-corrected chi connectivity index (χ2v) is 8.74. The van der Waals surface area contributed by atoms with Gasteiger partial charge in [0.1, 0.15) is 0 Å². The normalized spacial score (nSPS) is 16.3. The lowest BCUT2D eigenvalue weighted by Gasteiger charge is -2.26. The first-order valence-electron chi connectivity index (χ1n) is 10.2. The summed E-state index contributed by atoms with van der Waals surface area (Å²) >= 11 is 1.45. The van der Waals surface area contributed by atoms with Crippen molar-refractivity contribution in [2.75, 3.05) is 18.8 Å². The molecule has 0 aliphatic carbocycles. The van der Waals surface area contributed by atoms with Gasteiger partial charge in [0, 0.05) is 11.7 Å². The minimum Gasteiger partial charge on any atom is -0.353 e. The van der Waals surface area contributed by atoms with E-state index in [2.05, 4.69) is 51.0 Å². The molecule has 152 valence electrons. The second-order valence-electron chi connectivity index (χ2n) is 7.80. The lowest BCUT2D eigenvalue weighted by molar-refractivity contribution is -0.119. The molecule has 1 aromatic carbocycles. The van der Waals surface area contributed by atoms with Crippen LogP contribution in [0.25, 0.3) is 5.69 Å². The van der Waals surface area contributed by atoms with E-state index >= 15 is 0 Å². The Hall–Kier alpha value is -1.86. The summed E-state index contributed by atoms with van der Waals surface area (Å²) in [5.74, 6) is 1.72. The predicted molar refractivity (Wildman–Crippen MR) is 114 cm³/mol. The van der Waals surface area contributed by atoms with Gasteiger partial charge in [0.2, 0.25) is 5.91 Å². The summed E-state index contributed by atoms with van der Waals surface area (Å²) in [5.41, 5.74) is 1.04. The van der Waals surface area contributed by atoms with Crippen LogP contribution in [0.2, 0.25) is 0 Å². The van der Waals surface area contributed by atoms with Crippen LogP contribution in [-0.4, -0.2) is 50.5 Å². The summed E-state index contributed by atoms with van der Waals surface area (Å²) in [6.45, 7) is 9.27. The maximum Gasteiger partial charge on any atom is 0.230 e. The van der Waals surface area contributed by atoms with Crippen LogP contribution in [0.15, 0.2) is 35.5 Å². The molecule has 0 radical (unpaired) electrons. The quantitative estimate of drug-likeness (QED) is 0.686. The van der Waals surface area contributed by atoms with Gasteiger partial charge in [0.05, 0.1) is 12.3 Å². The van der Waals surface area contributed by atoms with E-state index in [1.807, 2.05) is 25.1 Å². The Kier molecular flexibility index (Phi) is 7.50. The maximum atomic E-state index is 12.3. The van der Waals surface area contributed by atoms with E-state index < -0.39 is 0 Å². The first-order chi connectivity index (χ1) is 13.5. The number of nitrogens with zero attached hydrogens (tertiary/aromatic N) is 4. The van der Waals surface area contributed by atoms with E-state index in [1.54, 1.807) is 0 Å². The Balaban J connectivity index is 1.74. The maximum absolute atomic E-state index is 12.3. The Morgan fingerprint density at radius 1 is 1.11 bits per heavy atom. The van der Waals surface area contributed by atoms with Gasteiger partial charge in [-0.1, -0.05) is 50.2 Å². The van der Waals surface area contributed by atoms with Crippen LogP contribution in [0.1, 0.15) is 45.9 Å². The van der Waals surface area contributed by atoms with Gasteiger partial charge >= 0.3 is 0 Å². The van der Waals surface area contributed by atoms with E-state index in [-0.39, 0.29) is 11.9 Å². The second kappa shape index (κ2) is 10.1. The summed E-state index contributed by atoms with van der Waals surface area (Å²) in [6, 6.07) is 10.3. The number of nitrogens with one attached hydrogen (secondary N) is 1. The molecule has 0 spiro atoms. The minimum absolute atomic E-state index is 0.0337. The molecule has 6 nitrogen and oxygen atoms in total. The monoisotopic (exact) mass is 401 g/mol. The highest BCUT2D eigenvalue weighted by Gasteiger charge is 2.20. The van der Waals surface area contributed by atoms with Crippen LogP contribution in [0.4, 0.5) is 0 Å². The summed E-state index contributed by atoms with van der Waals surface area (Å²) in [6.07, 6.45) is 3.80. The fraction of sp³-hybridized carbons (Fsp3) is 0.571. The molecule has 1 aliphatic heterocycles. The van der Waals surface area contributed by atoms with Crippen LogP contribution in [0, 0.1) is 5.92 Å². The van der Waals surface area contributed by atoms with Gasteiger partial charge in [-0.2, -0.15) is 0 Å². The number of thioether (sulfide) groups is 1. The zero-order valence-corrected chi connectivity index (χ0v) is 17.9. The van der Waals surface area contributed by atoms with E-state index in [0.29, 0.717) is 11.7 Å². The number of likely N-dealkylation sites (tertiary alicyclic amines) is 1. The van der Waals surface area contributed by atoms with Crippen molar-refractivity contribution in [2.45, 2.75) is 57.8 Å². The van der Waals surface area contributed by atoms with Crippen molar-refractivity contribution >= 4 is 17.7 Å². The van der Waals surface area contributed by atoms with Gasteiger partial charge in [-0.05, 0) is 50.9 Å². The largest absolute Gasteiger partial charge is 0.353 e. The van der Waals surface area contributed by atoms with Crippen LogP contribution >= 0.6 is 11.8 Å². The van der Waals surface area contributed by atoms with E-state index in [0.717, 1.165) is 36.3 Å². The highest BCUT2D eigenvalue weighted by molar-refractivity contribution is 7.99. The SMILES string of the molecule is CC(C)C(C)NC(=O)CSc1nnc(CN2CCCCC2)n1-c1ccccc1. The van der Waals surface area contributed by atoms with Crippen LogP contribution < -0.4 is 5.32 Å². The molecule has 1 aliphatic rings. The van der Waals surface area contributed by atoms with Crippen molar-refractivity contribution in [2.24, 2.45) is 5.92 Å². The van der Waals surface area contributed by atoms with Gasteiger partial charge in [0.15, 0.2) is 11.0 Å². The Bertz CT molecular complexity index is 755. The van der Waals surface area contributed by atoms with Crippen LogP contribution in [-0.2, 0) is 11.3 Å². The molecule has 1 atom stereocenters. The number of carbonyl (C=O) groups excluding carboxylic acids is 1. The number of hydrogen-bond donors (Lipinski definition) is 1. The standard InChI is InChI=1S/C21H31N5OS/c1-16(2)17(3)22-20(27)15-28-21-24-23-19(14-25-12-8-5-9-13-25)26(21)18-10-6-4-7-11-18/h4,6-7,10-11,16-17H,5,8-9,12-15H2,1-3H3,(H,22,27). The van der Waals surface area contributed by atoms with Crippen molar-refractivity contribution in [3.8, 4) is 5.69 Å². The third kappa shape index (κ3) is 5.58. The van der Waals surface area contributed by atoms with E-state index in [4.69, 9.17) is 0 Å². The topological polar surface area (TPSA) is 63.1 Å². The molecule has 1 unspecified atom stereocenters. The molecule has 1 saturated heterocycles. The third-order valence-corrected chi connectivity index (χ3v) is 6.18. The van der Waals surface area contributed by atoms with Gasteiger partial charge in [-0.3, -0.25) is 14.3 Å². The number of carbonyl (C=O) groups is 1. The summed E-state index contributed by atoms with van der Waals surface area (Å²) in [5, 5.41) is 12.7. The van der Waals surface area contributed by atoms with Gasteiger partial charge in [0.25, 0.3) is 0 Å². The average molecular weight is 402 g/mol. The lowest BCUT2D eigenvalue weighted by Crippen LogP contribution is -2.37. The summed E-state index contributed by atoms with van der Waals surface area (Å²) in [4.78, 5) is 14.7. The lowest BCUT2D eigenvalue weighted by atomic mass is 10.1. The van der Waals surface area contributed by atoms with Crippen molar-refractivity contribution < 1.29 is 4.79 Å². The first-order valence-corrected chi connectivity index (χ1v) is 11.2. The smallest absolute Gasteiger partial charge is 0.230 e. The molecular formula is C21H31N5OS. The first kappa shape index (κ1) is 20.9. The fourth-order valence-corrected chi connectivity index (χ4v) is 4.02. The number of piperidine rings is 1. The van der Waals surface area contributed by atoms with Crippen molar-refractivity contribution in [1.82, 2.24) is 25.0 Å². The molecule has 0 bridgehead atoms. The Morgan fingerprint density at radius 2 is 1.82 bits per heavy atom. The molecule has 1 N–H and O–H groups in total. The Labute approximate surface area is 172 Å².